The van der Waals surface area contributed by atoms with Crippen LogP contribution in [0.2, 0.25) is 0 Å². The van der Waals surface area contributed by atoms with Gasteiger partial charge in [-0.3, -0.25) is 4.79 Å². The monoisotopic (exact) mass is 403 g/mol. The molecule has 0 saturated carbocycles. The van der Waals surface area contributed by atoms with E-state index in [0.29, 0.717) is 16.5 Å². The normalized spacial score (nSPS) is 12.2. The van der Waals surface area contributed by atoms with Crippen molar-refractivity contribution in [3.8, 4) is 0 Å². The number of hydrogen-bond acceptors (Lipinski definition) is 8. The molecule has 0 aliphatic rings. The van der Waals surface area contributed by atoms with Gasteiger partial charge in [0.1, 0.15) is 5.69 Å². The second-order valence-corrected chi connectivity index (χ2v) is 5.91. The van der Waals surface area contributed by atoms with Gasteiger partial charge in [0, 0.05) is 17.0 Å². The van der Waals surface area contributed by atoms with Crippen molar-refractivity contribution in [2.24, 2.45) is 5.92 Å². The molecular formula is C20H21NO8. The van der Waals surface area contributed by atoms with Crippen molar-refractivity contribution in [3.63, 3.8) is 0 Å². The summed E-state index contributed by atoms with van der Waals surface area (Å²) in [5.41, 5.74) is 0.947. The van der Waals surface area contributed by atoms with Crippen molar-refractivity contribution in [1.29, 1.82) is 0 Å². The Morgan fingerprint density at radius 3 is 2.24 bits per heavy atom. The van der Waals surface area contributed by atoms with E-state index in [0.717, 1.165) is 27.4 Å². The second-order valence-electron chi connectivity index (χ2n) is 5.91. The number of H-pyrrole nitrogens is 1. The predicted molar refractivity (Wildman–Crippen MR) is 101 cm³/mol. The molecule has 154 valence electrons. The highest BCUT2D eigenvalue weighted by Crippen LogP contribution is 2.29. The Balaban J connectivity index is 2.65. The molecule has 0 amide bonds. The lowest BCUT2D eigenvalue weighted by molar-refractivity contribution is -0.147. The molecule has 0 bridgehead atoms. The minimum Gasteiger partial charge on any atom is -0.469 e. The highest BCUT2D eigenvalue weighted by atomic mass is 16.5. The van der Waals surface area contributed by atoms with E-state index in [9.17, 15) is 19.2 Å². The Hall–Kier alpha value is -3.62. The first kappa shape index (κ1) is 21.7. The summed E-state index contributed by atoms with van der Waals surface area (Å²) in [5.74, 6) is -4.39. The number of rotatable bonds is 7. The number of esters is 4. The average molecular weight is 403 g/mol. The molecule has 1 heterocycles. The van der Waals surface area contributed by atoms with Gasteiger partial charge in [-0.15, -0.1) is 0 Å². The molecule has 0 radical (unpaired) electrons. The number of carbonyl (C=O) groups is 4. The van der Waals surface area contributed by atoms with Crippen molar-refractivity contribution < 1.29 is 38.1 Å². The van der Waals surface area contributed by atoms with Gasteiger partial charge in [0.15, 0.2) is 0 Å². The Bertz CT molecular complexity index is 972. The van der Waals surface area contributed by atoms with Crippen LogP contribution in [0.5, 0.6) is 0 Å². The molecule has 0 spiro atoms. The zero-order valence-corrected chi connectivity index (χ0v) is 16.4. The summed E-state index contributed by atoms with van der Waals surface area (Å²) in [6.45, 7) is 0. The molecule has 2 aromatic rings. The van der Waals surface area contributed by atoms with Crippen LogP contribution in [0.3, 0.4) is 0 Å². The summed E-state index contributed by atoms with van der Waals surface area (Å²) < 4.78 is 18.9. The molecule has 0 fully saturated rings. The maximum absolute atomic E-state index is 12.5. The zero-order valence-electron chi connectivity index (χ0n) is 16.4. The molecular weight excluding hydrogens is 382 g/mol. The molecule has 1 aromatic heterocycles. The average Bonchev–Trinajstić information content (AvgIpc) is 3.12. The van der Waals surface area contributed by atoms with Gasteiger partial charge >= 0.3 is 23.9 Å². The smallest absolute Gasteiger partial charge is 0.354 e. The molecule has 0 saturated heterocycles. The maximum Gasteiger partial charge on any atom is 0.354 e. The first-order valence-corrected chi connectivity index (χ1v) is 8.51. The Morgan fingerprint density at radius 2 is 1.66 bits per heavy atom. The van der Waals surface area contributed by atoms with E-state index >= 15 is 0 Å². The van der Waals surface area contributed by atoms with E-state index in [2.05, 4.69) is 9.72 Å². The maximum atomic E-state index is 12.5. The van der Waals surface area contributed by atoms with Crippen molar-refractivity contribution in [1.82, 2.24) is 4.98 Å². The zero-order chi connectivity index (χ0) is 21.6. The molecule has 9 nitrogen and oxygen atoms in total. The van der Waals surface area contributed by atoms with Gasteiger partial charge in [-0.2, -0.15) is 0 Å². The lowest BCUT2D eigenvalue weighted by Crippen LogP contribution is -2.27. The number of carbonyl (C=O) groups excluding carboxylic acids is 4. The number of ether oxygens (including phenoxy) is 4. The number of hydrogen-bond donors (Lipinski definition) is 1. The van der Waals surface area contributed by atoms with Crippen molar-refractivity contribution in [2.75, 3.05) is 28.4 Å². The van der Waals surface area contributed by atoms with Crippen LogP contribution in [0.15, 0.2) is 35.9 Å². The number of methoxy groups -OCH3 is 4. The van der Waals surface area contributed by atoms with Crippen LogP contribution in [0.4, 0.5) is 0 Å². The molecule has 0 aliphatic carbocycles. The molecule has 29 heavy (non-hydrogen) atoms. The third-order valence-corrected chi connectivity index (χ3v) is 4.37. The highest BCUT2D eigenvalue weighted by molar-refractivity contribution is 6.02. The molecule has 2 rings (SSSR count). The van der Waals surface area contributed by atoms with Gasteiger partial charge in [-0.1, -0.05) is 18.2 Å². The first-order valence-electron chi connectivity index (χ1n) is 8.51. The van der Waals surface area contributed by atoms with Crippen molar-refractivity contribution in [3.05, 3.63) is 47.2 Å². The van der Waals surface area contributed by atoms with E-state index in [4.69, 9.17) is 14.2 Å². The van der Waals surface area contributed by atoms with Crippen molar-refractivity contribution >= 4 is 34.8 Å². The predicted octanol–water partition coefficient (Wildman–Crippen LogP) is 1.56. The molecule has 1 unspecified atom stereocenters. The topological polar surface area (TPSA) is 121 Å². The molecule has 9 heteroatoms. The van der Waals surface area contributed by atoms with Gasteiger partial charge in [0.05, 0.1) is 39.9 Å². The van der Waals surface area contributed by atoms with Crippen LogP contribution in [0, 0.1) is 5.92 Å². The number of nitrogens with one attached hydrogen (secondary N) is 1. The van der Waals surface area contributed by atoms with Crippen LogP contribution in [0.25, 0.3) is 10.9 Å². The van der Waals surface area contributed by atoms with Crippen LogP contribution in [0.1, 0.15) is 16.1 Å². The minimum atomic E-state index is -1.23. The summed E-state index contributed by atoms with van der Waals surface area (Å²) in [5, 5.41) is 0.657. The SMILES string of the molecule is COC(=O)/C=C(\C(=O)OC)C(Cc1c(C(=O)OC)[nH]c2ccccc12)C(=O)OC. The standard InChI is InChI=1S/C20H21NO8/c1-26-16(22)10-14(19(24)28-3)13(18(23)27-2)9-12-11-7-5-6-8-15(11)21-17(12)20(25)29-4/h5-8,10,13,21H,9H2,1-4H3/b14-10-. The lowest BCUT2D eigenvalue weighted by atomic mass is 9.89. The molecule has 0 aliphatic heterocycles. The van der Waals surface area contributed by atoms with Gasteiger partial charge in [-0.25, -0.2) is 14.4 Å². The second kappa shape index (κ2) is 9.54. The van der Waals surface area contributed by atoms with E-state index < -0.39 is 29.8 Å². The quantitative estimate of drug-likeness (QED) is 0.420. The van der Waals surface area contributed by atoms with E-state index in [1.54, 1.807) is 24.3 Å². The number of fused-ring (bicyclic) bond motifs is 1. The van der Waals surface area contributed by atoms with Gasteiger partial charge in [0.2, 0.25) is 0 Å². The highest BCUT2D eigenvalue weighted by Gasteiger charge is 2.33. The van der Waals surface area contributed by atoms with Crippen LogP contribution >= 0.6 is 0 Å². The lowest BCUT2D eigenvalue weighted by Gasteiger charge is -2.17. The molecule has 1 atom stereocenters. The summed E-state index contributed by atoms with van der Waals surface area (Å²) in [4.78, 5) is 51.8. The van der Waals surface area contributed by atoms with Crippen LogP contribution in [-0.4, -0.2) is 57.3 Å². The largest absolute Gasteiger partial charge is 0.469 e. The molecule has 1 N–H and O–H groups in total. The summed E-state index contributed by atoms with van der Waals surface area (Å²) in [6.07, 6.45) is 0.749. The van der Waals surface area contributed by atoms with E-state index in [1.807, 2.05) is 0 Å². The fraction of sp³-hybridized carbons (Fsp3) is 0.300. The fourth-order valence-electron chi connectivity index (χ4n) is 2.96. The number of para-hydroxylation sites is 1. The van der Waals surface area contributed by atoms with Crippen LogP contribution < -0.4 is 0 Å². The summed E-state index contributed by atoms with van der Waals surface area (Å²) in [6, 6.07) is 7.05. The summed E-state index contributed by atoms with van der Waals surface area (Å²) >= 11 is 0. The van der Waals surface area contributed by atoms with E-state index in [-0.39, 0.29) is 17.7 Å². The fourth-order valence-corrected chi connectivity index (χ4v) is 2.96. The number of benzene rings is 1. The van der Waals surface area contributed by atoms with Gasteiger partial charge < -0.3 is 23.9 Å². The summed E-state index contributed by atoms with van der Waals surface area (Å²) in [7, 11) is 4.63. The Labute approximate surface area is 166 Å². The third-order valence-electron chi connectivity index (χ3n) is 4.37. The Kier molecular flexibility index (Phi) is 7.13. The molecule has 1 aromatic carbocycles. The third kappa shape index (κ3) is 4.63. The van der Waals surface area contributed by atoms with Crippen LogP contribution in [-0.2, 0) is 39.8 Å². The first-order chi connectivity index (χ1) is 13.9. The minimum absolute atomic E-state index is 0.126. The van der Waals surface area contributed by atoms with Gasteiger partial charge in [-0.05, 0) is 18.1 Å². The number of aromatic amines is 1. The van der Waals surface area contributed by atoms with Gasteiger partial charge in [0.25, 0.3) is 0 Å². The van der Waals surface area contributed by atoms with Crippen molar-refractivity contribution in [2.45, 2.75) is 6.42 Å². The van der Waals surface area contributed by atoms with E-state index in [1.165, 1.54) is 7.11 Å². The number of aromatic nitrogens is 1. The Morgan fingerprint density at radius 1 is 0.966 bits per heavy atom.